The van der Waals surface area contributed by atoms with Crippen molar-refractivity contribution in [1.82, 2.24) is 14.4 Å². The first-order valence-electron chi connectivity index (χ1n) is 12.7. The van der Waals surface area contributed by atoms with Gasteiger partial charge in [0.25, 0.3) is 5.91 Å². The zero-order valence-electron chi connectivity index (χ0n) is 21.6. The van der Waals surface area contributed by atoms with E-state index in [0.717, 1.165) is 33.1 Å². The van der Waals surface area contributed by atoms with Crippen LogP contribution in [-0.2, 0) is 4.79 Å². The third kappa shape index (κ3) is 5.53. The van der Waals surface area contributed by atoms with Crippen LogP contribution in [0.2, 0.25) is 0 Å². The Morgan fingerprint density at radius 1 is 0.816 bits per heavy atom. The van der Waals surface area contributed by atoms with Crippen molar-refractivity contribution in [2.45, 2.75) is 18.7 Å². The van der Waals surface area contributed by atoms with Gasteiger partial charge < -0.3 is 14.4 Å². The van der Waals surface area contributed by atoms with E-state index in [9.17, 15) is 14.0 Å². The summed E-state index contributed by atoms with van der Waals surface area (Å²) in [6.07, 6.45) is 0. The highest BCUT2D eigenvalue weighted by molar-refractivity contribution is 8.00. The average molecular weight is 528 g/mol. The molecule has 7 heteroatoms. The molecule has 0 atom stereocenters. The standard InChI is InChI=1S/C31H30FN3O2S/c1-22-8-14-26(15-9-22)35-23(2)28(20-29(35)24-10-12-25(32)13-11-24)31(37)34-18-16-33(17-19-34)30(36)21-38-27-6-4-3-5-7-27/h3-15,20H,16-19,21H2,1-2H3. The Morgan fingerprint density at radius 3 is 2.11 bits per heavy atom. The van der Waals surface area contributed by atoms with Crippen LogP contribution in [0.1, 0.15) is 21.6 Å². The van der Waals surface area contributed by atoms with Crippen LogP contribution in [-0.4, -0.2) is 58.1 Å². The van der Waals surface area contributed by atoms with Crippen LogP contribution in [0.3, 0.4) is 0 Å². The summed E-state index contributed by atoms with van der Waals surface area (Å²) in [6.45, 7) is 5.99. The number of hydrogen-bond acceptors (Lipinski definition) is 3. The van der Waals surface area contributed by atoms with Crippen LogP contribution in [0.25, 0.3) is 16.9 Å². The van der Waals surface area contributed by atoms with Crippen molar-refractivity contribution in [1.29, 1.82) is 0 Å². The van der Waals surface area contributed by atoms with Gasteiger partial charge in [0.1, 0.15) is 5.82 Å². The van der Waals surface area contributed by atoms with E-state index in [-0.39, 0.29) is 17.6 Å². The normalized spacial score (nSPS) is 13.6. The Balaban J connectivity index is 1.33. The summed E-state index contributed by atoms with van der Waals surface area (Å²) in [5.74, 6) is 0.121. The summed E-state index contributed by atoms with van der Waals surface area (Å²) >= 11 is 1.53. The van der Waals surface area contributed by atoms with Crippen LogP contribution in [0.5, 0.6) is 0 Å². The minimum Gasteiger partial charge on any atom is -0.338 e. The molecule has 5 rings (SSSR count). The number of thioether (sulfide) groups is 1. The van der Waals surface area contributed by atoms with Gasteiger partial charge in [0, 0.05) is 42.5 Å². The fourth-order valence-corrected chi connectivity index (χ4v) is 5.59. The van der Waals surface area contributed by atoms with E-state index in [1.165, 1.54) is 23.9 Å². The van der Waals surface area contributed by atoms with E-state index in [1.807, 2.05) is 84.3 Å². The van der Waals surface area contributed by atoms with Crippen molar-refractivity contribution in [3.8, 4) is 16.9 Å². The molecular formula is C31H30FN3O2S. The zero-order valence-corrected chi connectivity index (χ0v) is 22.4. The summed E-state index contributed by atoms with van der Waals surface area (Å²) in [4.78, 5) is 31.2. The quantitative estimate of drug-likeness (QED) is 0.290. The number of nitrogens with zero attached hydrogens (tertiary/aromatic N) is 3. The van der Waals surface area contributed by atoms with Crippen molar-refractivity contribution < 1.29 is 14.0 Å². The molecule has 1 aromatic heterocycles. The maximum atomic E-state index is 13.7. The van der Waals surface area contributed by atoms with Crippen molar-refractivity contribution in [2.75, 3.05) is 31.9 Å². The molecule has 38 heavy (non-hydrogen) atoms. The Hall–Kier alpha value is -3.84. The molecule has 1 saturated heterocycles. The monoisotopic (exact) mass is 527 g/mol. The number of aromatic nitrogens is 1. The molecule has 194 valence electrons. The minimum absolute atomic E-state index is 0.0533. The fourth-order valence-electron chi connectivity index (χ4n) is 4.77. The third-order valence-corrected chi connectivity index (χ3v) is 7.93. The molecule has 0 spiro atoms. The maximum absolute atomic E-state index is 13.7. The van der Waals surface area contributed by atoms with Gasteiger partial charge in [-0.2, -0.15) is 0 Å². The van der Waals surface area contributed by atoms with Crippen LogP contribution >= 0.6 is 11.8 Å². The van der Waals surface area contributed by atoms with Crippen molar-refractivity contribution in [3.63, 3.8) is 0 Å². The molecule has 1 aliphatic rings. The molecule has 0 unspecified atom stereocenters. The van der Waals surface area contributed by atoms with Crippen molar-refractivity contribution in [3.05, 3.63) is 108 Å². The van der Waals surface area contributed by atoms with E-state index in [0.29, 0.717) is 37.5 Å². The van der Waals surface area contributed by atoms with Crippen molar-refractivity contribution in [2.24, 2.45) is 0 Å². The number of hydrogen-bond donors (Lipinski definition) is 0. The van der Waals surface area contributed by atoms with E-state index in [4.69, 9.17) is 0 Å². The highest BCUT2D eigenvalue weighted by Gasteiger charge is 2.28. The zero-order chi connectivity index (χ0) is 26.6. The molecule has 5 nitrogen and oxygen atoms in total. The Labute approximate surface area is 226 Å². The molecule has 0 saturated carbocycles. The van der Waals surface area contributed by atoms with E-state index in [2.05, 4.69) is 4.57 Å². The van der Waals surface area contributed by atoms with Gasteiger partial charge in [0.2, 0.25) is 5.91 Å². The molecule has 2 amide bonds. The molecule has 1 aliphatic heterocycles. The summed E-state index contributed by atoms with van der Waals surface area (Å²) in [5, 5.41) is 0. The van der Waals surface area contributed by atoms with Gasteiger partial charge in [-0.25, -0.2) is 4.39 Å². The predicted octanol–water partition coefficient (Wildman–Crippen LogP) is 5.98. The first-order chi connectivity index (χ1) is 18.4. The highest BCUT2D eigenvalue weighted by Crippen LogP contribution is 2.31. The summed E-state index contributed by atoms with van der Waals surface area (Å²) in [7, 11) is 0. The van der Waals surface area contributed by atoms with Gasteiger partial charge in [-0.1, -0.05) is 35.9 Å². The Kier molecular flexibility index (Phi) is 7.65. The molecule has 0 bridgehead atoms. The van der Waals surface area contributed by atoms with Crippen molar-refractivity contribution >= 4 is 23.6 Å². The van der Waals surface area contributed by atoms with Crippen LogP contribution in [0.15, 0.2) is 89.8 Å². The van der Waals surface area contributed by atoms with Gasteiger partial charge in [0.05, 0.1) is 17.0 Å². The van der Waals surface area contributed by atoms with E-state index >= 15 is 0 Å². The highest BCUT2D eigenvalue weighted by atomic mass is 32.2. The van der Waals surface area contributed by atoms with Gasteiger partial charge in [0.15, 0.2) is 0 Å². The maximum Gasteiger partial charge on any atom is 0.255 e. The molecule has 1 fully saturated rings. The van der Waals surface area contributed by atoms with Crippen LogP contribution < -0.4 is 0 Å². The molecule has 0 aliphatic carbocycles. The Bertz CT molecular complexity index is 1420. The molecule has 0 radical (unpaired) electrons. The summed E-state index contributed by atoms with van der Waals surface area (Å²) in [6, 6.07) is 26.3. The molecule has 3 aromatic carbocycles. The SMILES string of the molecule is Cc1ccc(-n2c(-c3ccc(F)cc3)cc(C(=O)N3CCN(C(=O)CSc4ccccc4)CC3)c2C)cc1. The van der Waals surface area contributed by atoms with Gasteiger partial charge in [-0.05, 0) is 74.0 Å². The number of aryl methyl sites for hydroxylation is 1. The molecule has 4 aromatic rings. The topological polar surface area (TPSA) is 45.6 Å². The number of carbonyl (C=O) groups is 2. The summed E-state index contributed by atoms with van der Waals surface area (Å²) < 4.78 is 15.7. The predicted molar refractivity (Wildman–Crippen MR) is 150 cm³/mol. The Morgan fingerprint density at radius 2 is 1.45 bits per heavy atom. The van der Waals surface area contributed by atoms with Crippen LogP contribution in [0.4, 0.5) is 4.39 Å². The second kappa shape index (κ2) is 11.3. The molecule has 0 N–H and O–H groups in total. The lowest BCUT2D eigenvalue weighted by Crippen LogP contribution is -2.51. The lowest BCUT2D eigenvalue weighted by atomic mass is 10.1. The number of amides is 2. The lowest BCUT2D eigenvalue weighted by molar-refractivity contribution is -0.129. The van der Waals surface area contributed by atoms with Gasteiger partial charge in [-0.15, -0.1) is 11.8 Å². The van der Waals surface area contributed by atoms with Crippen LogP contribution in [0, 0.1) is 19.7 Å². The second-order valence-electron chi connectivity index (χ2n) is 9.48. The second-order valence-corrected chi connectivity index (χ2v) is 10.5. The number of halogens is 1. The van der Waals surface area contributed by atoms with E-state index in [1.54, 1.807) is 12.1 Å². The first kappa shape index (κ1) is 25.8. The van der Waals surface area contributed by atoms with Gasteiger partial charge >= 0.3 is 0 Å². The third-order valence-electron chi connectivity index (χ3n) is 6.93. The largest absolute Gasteiger partial charge is 0.338 e. The number of carbonyl (C=O) groups excluding carboxylic acids is 2. The smallest absolute Gasteiger partial charge is 0.255 e. The fraction of sp³-hybridized carbons (Fsp3) is 0.226. The first-order valence-corrected chi connectivity index (χ1v) is 13.7. The minimum atomic E-state index is -0.301. The average Bonchev–Trinajstić information content (AvgIpc) is 3.29. The lowest BCUT2D eigenvalue weighted by Gasteiger charge is -2.34. The van der Waals surface area contributed by atoms with E-state index < -0.39 is 0 Å². The molecular weight excluding hydrogens is 497 g/mol. The summed E-state index contributed by atoms with van der Waals surface area (Å²) in [5.41, 5.74) is 5.20. The van der Waals surface area contributed by atoms with Gasteiger partial charge in [-0.3, -0.25) is 9.59 Å². The number of benzene rings is 3. The molecule has 2 heterocycles. The number of rotatable bonds is 6. The number of piperazine rings is 1.